The van der Waals surface area contributed by atoms with E-state index in [-0.39, 0.29) is 37.0 Å². The van der Waals surface area contributed by atoms with Crippen molar-refractivity contribution in [2.24, 2.45) is 0 Å². The summed E-state index contributed by atoms with van der Waals surface area (Å²) in [6, 6.07) is 0. The quantitative estimate of drug-likeness (QED) is 0.393. The van der Waals surface area contributed by atoms with Crippen molar-refractivity contribution >= 4 is 27.7 Å². The highest BCUT2D eigenvalue weighted by Gasteiger charge is 2.25. The van der Waals surface area contributed by atoms with Gasteiger partial charge in [-0.2, -0.15) is 8.42 Å². The van der Waals surface area contributed by atoms with E-state index in [0.717, 1.165) is 4.90 Å². The van der Waals surface area contributed by atoms with Crippen LogP contribution in [0.3, 0.4) is 0 Å². The minimum absolute atomic E-state index is 0.113. The number of Topliss-reactive ketones (excluding diaryl/α,β-unsaturated/α-hetero) is 1. The molecule has 20 heavy (non-hydrogen) atoms. The molecule has 2 amide bonds. The Morgan fingerprint density at radius 3 is 2.25 bits per heavy atom. The smallest absolute Gasteiger partial charge is 0.268 e. The molecule has 1 atom stereocenters. The van der Waals surface area contributed by atoms with Crippen molar-refractivity contribution < 1.29 is 27.4 Å². The molecule has 0 aromatic rings. The van der Waals surface area contributed by atoms with E-state index < -0.39 is 15.4 Å². The zero-order chi connectivity index (χ0) is 15.3. The zero-order valence-corrected chi connectivity index (χ0v) is 11.9. The SMILES string of the molecule is CC(=O)CC(CCCCN1C(=O)C=CC1=O)S(=O)(=O)O. The van der Waals surface area contributed by atoms with Gasteiger partial charge in [0.15, 0.2) is 0 Å². The minimum Gasteiger partial charge on any atom is -0.300 e. The maximum absolute atomic E-state index is 11.3. The van der Waals surface area contributed by atoms with Crippen LogP contribution in [0.5, 0.6) is 0 Å². The van der Waals surface area contributed by atoms with Crippen molar-refractivity contribution in [1.82, 2.24) is 4.90 Å². The molecule has 0 aromatic carbocycles. The van der Waals surface area contributed by atoms with Gasteiger partial charge in [-0.05, 0) is 19.8 Å². The molecule has 0 radical (unpaired) electrons. The summed E-state index contributed by atoms with van der Waals surface area (Å²) in [5, 5.41) is -1.12. The fraction of sp³-hybridized carbons (Fsp3) is 0.583. The first-order valence-electron chi connectivity index (χ1n) is 6.21. The molecular weight excluding hydrogens is 286 g/mol. The molecule has 1 aliphatic heterocycles. The fourth-order valence-corrected chi connectivity index (χ4v) is 2.88. The summed E-state index contributed by atoms with van der Waals surface area (Å²) in [6.07, 6.45) is 3.04. The summed E-state index contributed by atoms with van der Waals surface area (Å²) in [5.74, 6) is -1.09. The lowest BCUT2D eigenvalue weighted by atomic mass is 10.1. The second-order valence-corrected chi connectivity index (χ2v) is 6.40. The highest BCUT2D eigenvalue weighted by Crippen LogP contribution is 2.15. The Kier molecular flexibility index (Phi) is 5.58. The van der Waals surface area contributed by atoms with Crippen LogP contribution < -0.4 is 0 Å². The van der Waals surface area contributed by atoms with Gasteiger partial charge >= 0.3 is 0 Å². The number of hydrogen-bond acceptors (Lipinski definition) is 5. The molecule has 0 saturated carbocycles. The summed E-state index contributed by atoms with van der Waals surface area (Å²) in [5.41, 5.74) is 0. The Morgan fingerprint density at radius 2 is 1.80 bits per heavy atom. The number of imide groups is 1. The Morgan fingerprint density at radius 1 is 1.25 bits per heavy atom. The number of ketones is 1. The first kappa shape index (κ1) is 16.5. The van der Waals surface area contributed by atoms with Gasteiger partial charge in [0, 0.05) is 25.1 Å². The summed E-state index contributed by atoms with van der Waals surface area (Å²) in [7, 11) is -4.26. The molecule has 0 bridgehead atoms. The van der Waals surface area contributed by atoms with Gasteiger partial charge in [0.2, 0.25) is 0 Å². The van der Waals surface area contributed by atoms with Crippen molar-refractivity contribution in [2.75, 3.05) is 6.54 Å². The lowest BCUT2D eigenvalue weighted by molar-refractivity contribution is -0.136. The average Bonchev–Trinajstić information content (AvgIpc) is 2.62. The highest BCUT2D eigenvalue weighted by molar-refractivity contribution is 7.86. The van der Waals surface area contributed by atoms with Gasteiger partial charge in [-0.1, -0.05) is 6.42 Å². The first-order chi connectivity index (χ1) is 9.21. The zero-order valence-electron chi connectivity index (χ0n) is 11.1. The van der Waals surface area contributed by atoms with Gasteiger partial charge < -0.3 is 0 Å². The molecule has 1 N–H and O–H groups in total. The van der Waals surface area contributed by atoms with Crippen LogP contribution in [0.15, 0.2) is 12.2 Å². The Hall–Kier alpha value is -1.54. The van der Waals surface area contributed by atoms with E-state index in [0.29, 0.717) is 12.8 Å². The van der Waals surface area contributed by atoms with Crippen LogP contribution in [0.2, 0.25) is 0 Å². The number of hydrogen-bond donors (Lipinski definition) is 1. The minimum atomic E-state index is -4.26. The Labute approximate surface area is 117 Å². The van der Waals surface area contributed by atoms with Crippen LogP contribution in [0.25, 0.3) is 0 Å². The predicted octanol–water partition coefficient (Wildman–Crippen LogP) is 0.317. The van der Waals surface area contributed by atoms with Gasteiger partial charge in [-0.3, -0.25) is 23.8 Å². The van der Waals surface area contributed by atoms with Gasteiger partial charge in [0.05, 0.1) is 5.25 Å². The molecule has 1 heterocycles. The van der Waals surface area contributed by atoms with Crippen LogP contribution in [0.1, 0.15) is 32.6 Å². The van der Waals surface area contributed by atoms with Gasteiger partial charge in [-0.25, -0.2) is 0 Å². The van der Waals surface area contributed by atoms with Crippen molar-refractivity contribution in [3.05, 3.63) is 12.2 Å². The van der Waals surface area contributed by atoms with E-state index in [2.05, 4.69) is 0 Å². The largest absolute Gasteiger partial charge is 0.300 e. The second-order valence-electron chi connectivity index (χ2n) is 4.70. The first-order valence-corrected chi connectivity index (χ1v) is 7.71. The summed E-state index contributed by atoms with van der Waals surface area (Å²) < 4.78 is 31.2. The van der Waals surface area contributed by atoms with E-state index >= 15 is 0 Å². The molecule has 7 nitrogen and oxygen atoms in total. The summed E-state index contributed by atoms with van der Waals surface area (Å²) >= 11 is 0. The maximum atomic E-state index is 11.3. The molecule has 0 aliphatic carbocycles. The Balaban J connectivity index is 2.40. The lowest BCUT2D eigenvalue weighted by Crippen LogP contribution is -2.31. The molecule has 0 fully saturated rings. The van der Waals surface area contributed by atoms with E-state index in [1.165, 1.54) is 19.1 Å². The van der Waals surface area contributed by atoms with Crippen LogP contribution in [-0.4, -0.2) is 47.3 Å². The average molecular weight is 303 g/mol. The number of unbranched alkanes of at least 4 members (excludes halogenated alkanes) is 1. The van der Waals surface area contributed by atoms with Gasteiger partial charge in [0.1, 0.15) is 5.78 Å². The van der Waals surface area contributed by atoms with Crippen molar-refractivity contribution in [3.63, 3.8) is 0 Å². The third kappa shape index (κ3) is 4.86. The summed E-state index contributed by atoms with van der Waals surface area (Å²) in [6.45, 7) is 1.45. The van der Waals surface area contributed by atoms with Gasteiger partial charge in [-0.15, -0.1) is 0 Å². The highest BCUT2D eigenvalue weighted by atomic mass is 32.2. The van der Waals surface area contributed by atoms with E-state index in [1.54, 1.807) is 0 Å². The normalized spacial score (nSPS) is 16.8. The van der Waals surface area contributed by atoms with E-state index in [4.69, 9.17) is 4.55 Å². The third-order valence-corrected chi connectivity index (χ3v) is 4.24. The number of rotatable bonds is 8. The molecule has 112 valence electrons. The van der Waals surface area contributed by atoms with Crippen LogP contribution in [0, 0.1) is 0 Å². The van der Waals surface area contributed by atoms with Crippen molar-refractivity contribution in [3.8, 4) is 0 Å². The maximum Gasteiger partial charge on any atom is 0.268 e. The fourth-order valence-electron chi connectivity index (χ4n) is 1.97. The van der Waals surface area contributed by atoms with Crippen molar-refractivity contribution in [2.45, 2.75) is 37.9 Å². The van der Waals surface area contributed by atoms with Crippen molar-refractivity contribution in [1.29, 1.82) is 0 Å². The molecule has 1 rings (SSSR count). The van der Waals surface area contributed by atoms with Crippen LogP contribution in [0.4, 0.5) is 0 Å². The molecule has 0 aromatic heterocycles. The van der Waals surface area contributed by atoms with E-state index in [1.807, 2.05) is 0 Å². The Bertz CT molecular complexity index is 518. The van der Waals surface area contributed by atoms with Crippen LogP contribution >= 0.6 is 0 Å². The standard InChI is InChI=1S/C12H17NO6S/c1-9(14)8-10(20(17,18)19)4-2-3-7-13-11(15)5-6-12(13)16/h5-6,10H,2-4,7-8H2,1H3,(H,17,18,19). The molecular formula is C12H17NO6S. The molecule has 0 spiro atoms. The van der Waals surface area contributed by atoms with Gasteiger partial charge in [0.25, 0.3) is 21.9 Å². The molecule has 8 heteroatoms. The molecule has 1 unspecified atom stereocenters. The predicted molar refractivity (Wildman–Crippen MR) is 70.3 cm³/mol. The van der Waals surface area contributed by atoms with Crippen LogP contribution in [-0.2, 0) is 24.5 Å². The summed E-state index contributed by atoms with van der Waals surface area (Å²) in [4.78, 5) is 34.5. The molecule has 1 aliphatic rings. The number of nitrogens with zero attached hydrogens (tertiary/aromatic N) is 1. The monoisotopic (exact) mass is 303 g/mol. The van der Waals surface area contributed by atoms with E-state index in [9.17, 15) is 22.8 Å². The number of carbonyl (C=O) groups is 3. The third-order valence-electron chi connectivity index (χ3n) is 2.99. The number of amides is 2. The second kappa shape index (κ2) is 6.76. The topological polar surface area (TPSA) is 109 Å². The number of carbonyl (C=O) groups excluding carboxylic acids is 3. The molecule has 0 saturated heterocycles. The lowest BCUT2D eigenvalue weighted by Gasteiger charge is -2.15.